The minimum atomic E-state index is -0.461. The van der Waals surface area contributed by atoms with E-state index in [-0.39, 0.29) is 36.1 Å². The van der Waals surface area contributed by atoms with E-state index in [1.165, 1.54) is 11.6 Å². The van der Waals surface area contributed by atoms with Gasteiger partial charge in [0.2, 0.25) is 0 Å². The monoisotopic (exact) mass is 549 g/mol. The predicted octanol–water partition coefficient (Wildman–Crippen LogP) is 4.35. The molecule has 2 aliphatic heterocycles. The van der Waals surface area contributed by atoms with Crippen LogP contribution in [-0.4, -0.2) is 66.9 Å². The van der Waals surface area contributed by atoms with E-state index in [0.717, 1.165) is 67.5 Å². The number of aromatic nitrogens is 1. The third kappa shape index (κ3) is 4.85. The van der Waals surface area contributed by atoms with Crippen LogP contribution in [0.25, 0.3) is 10.9 Å². The van der Waals surface area contributed by atoms with Crippen LogP contribution in [0.15, 0.2) is 42.5 Å². The van der Waals surface area contributed by atoms with Crippen molar-refractivity contribution >= 4 is 16.7 Å². The predicted molar refractivity (Wildman–Crippen MR) is 152 cm³/mol. The summed E-state index contributed by atoms with van der Waals surface area (Å²) >= 11 is 0. The number of methoxy groups -OCH3 is 1. The summed E-state index contributed by atoms with van der Waals surface area (Å²) in [6, 6.07) is 12.7. The lowest BCUT2D eigenvalue weighted by Gasteiger charge is -2.50. The van der Waals surface area contributed by atoms with Gasteiger partial charge in [0.05, 0.1) is 32.4 Å². The van der Waals surface area contributed by atoms with Crippen molar-refractivity contribution in [3.63, 3.8) is 0 Å². The molecule has 8 heteroatoms. The number of fused-ring (bicyclic) bond motifs is 4. The first-order valence-electron chi connectivity index (χ1n) is 14.7. The van der Waals surface area contributed by atoms with Gasteiger partial charge in [0.25, 0.3) is 0 Å². The van der Waals surface area contributed by atoms with Gasteiger partial charge in [-0.3, -0.25) is 9.69 Å². The number of nitrogens with zero attached hydrogens (tertiary/aromatic N) is 2. The number of Topliss-reactive ketones (excluding diaryl/α,β-unsaturated/α-hetero) is 1. The van der Waals surface area contributed by atoms with Crippen LogP contribution < -0.4 is 10.1 Å². The molecule has 1 atom stereocenters. The van der Waals surface area contributed by atoms with Crippen molar-refractivity contribution in [3.8, 4) is 5.75 Å². The third-order valence-electron chi connectivity index (χ3n) is 9.34. The van der Waals surface area contributed by atoms with E-state index in [1.807, 2.05) is 18.2 Å². The van der Waals surface area contributed by atoms with Crippen LogP contribution in [0, 0.1) is 11.7 Å². The molecule has 1 aliphatic carbocycles. The highest BCUT2D eigenvalue weighted by atomic mass is 19.1. The molecule has 1 saturated heterocycles. The fourth-order valence-electron chi connectivity index (χ4n) is 7.15. The maximum Gasteiger partial charge on any atom is 0.159 e. The average molecular weight is 550 g/mol. The second-order valence-electron chi connectivity index (χ2n) is 11.6. The quantitative estimate of drug-likeness (QED) is 0.367. The van der Waals surface area contributed by atoms with E-state index in [2.05, 4.69) is 26.9 Å². The summed E-state index contributed by atoms with van der Waals surface area (Å²) in [6.07, 6.45) is 4.81. The molecule has 40 heavy (non-hydrogen) atoms. The van der Waals surface area contributed by atoms with E-state index in [0.29, 0.717) is 31.8 Å². The van der Waals surface area contributed by atoms with Gasteiger partial charge in [-0.1, -0.05) is 24.6 Å². The lowest BCUT2D eigenvalue weighted by molar-refractivity contribution is -0.132. The molecule has 214 valence electrons. The van der Waals surface area contributed by atoms with Crippen molar-refractivity contribution in [3.05, 3.63) is 65.1 Å². The maximum atomic E-state index is 15.0. The van der Waals surface area contributed by atoms with Gasteiger partial charge in [-0.25, -0.2) is 4.39 Å². The second-order valence-corrected chi connectivity index (χ2v) is 11.6. The Labute approximate surface area is 235 Å². The van der Waals surface area contributed by atoms with Gasteiger partial charge >= 0.3 is 0 Å². The molecule has 2 fully saturated rings. The number of nitrogens with one attached hydrogen (secondary N) is 1. The third-order valence-corrected chi connectivity index (χ3v) is 9.34. The summed E-state index contributed by atoms with van der Waals surface area (Å²) in [4.78, 5) is 16.6. The van der Waals surface area contributed by atoms with Gasteiger partial charge in [-0.15, -0.1) is 0 Å². The number of ether oxygens (including phenoxy) is 2. The summed E-state index contributed by atoms with van der Waals surface area (Å²) in [6.45, 7) is 4.10. The molecule has 6 rings (SSSR count). The Hall–Kier alpha value is -2.78. The zero-order valence-electron chi connectivity index (χ0n) is 23.3. The molecule has 1 spiro atoms. The molecule has 1 unspecified atom stereocenters. The van der Waals surface area contributed by atoms with Crippen molar-refractivity contribution in [2.75, 3.05) is 46.6 Å². The highest BCUT2D eigenvalue weighted by Crippen LogP contribution is 2.51. The normalized spacial score (nSPS) is 20.9. The van der Waals surface area contributed by atoms with E-state index in [1.54, 1.807) is 13.2 Å². The van der Waals surface area contributed by atoms with Gasteiger partial charge in [0.1, 0.15) is 17.6 Å². The molecule has 0 amide bonds. The Morgan fingerprint density at radius 3 is 2.65 bits per heavy atom. The largest absolute Gasteiger partial charge is 0.497 e. The number of benzene rings is 2. The summed E-state index contributed by atoms with van der Waals surface area (Å²) in [5, 5.41) is 14.0. The number of aliphatic hydroxyl groups is 1. The molecule has 0 bridgehead atoms. The first-order valence-corrected chi connectivity index (χ1v) is 14.7. The zero-order chi connectivity index (χ0) is 27.7. The van der Waals surface area contributed by atoms with E-state index in [4.69, 9.17) is 9.47 Å². The zero-order valence-corrected chi connectivity index (χ0v) is 23.3. The first-order chi connectivity index (χ1) is 19.6. The Balaban J connectivity index is 1.56. The van der Waals surface area contributed by atoms with Crippen molar-refractivity contribution in [1.29, 1.82) is 0 Å². The van der Waals surface area contributed by atoms with Crippen molar-refractivity contribution in [2.45, 2.75) is 56.7 Å². The Kier molecular flexibility index (Phi) is 7.95. The smallest absolute Gasteiger partial charge is 0.159 e. The molecular formula is C32H40FN3O4. The highest BCUT2D eigenvalue weighted by Gasteiger charge is 2.50. The molecule has 7 nitrogen and oxygen atoms in total. The SMILES string of the molecule is COc1ccc2c3c(n(CCOCCO)c2c1)C(C(=O)C1CCC1)N(Cc1ccccc1F)CC31CCNCC1. The Morgan fingerprint density at radius 1 is 1.15 bits per heavy atom. The van der Waals surface area contributed by atoms with Crippen molar-refractivity contribution in [1.82, 2.24) is 14.8 Å². The first kappa shape index (κ1) is 27.4. The van der Waals surface area contributed by atoms with Gasteiger partial charge in [-0.2, -0.15) is 0 Å². The van der Waals surface area contributed by atoms with Crippen LogP contribution in [0.4, 0.5) is 4.39 Å². The summed E-state index contributed by atoms with van der Waals surface area (Å²) in [7, 11) is 1.67. The second kappa shape index (κ2) is 11.6. The number of carbonyl (C=O) groups excluding carboxylic acids is 1. The topological polar surface area (TPSA) is 76.0 Å². The van der Waals surface area contributed by atoms with Crippen LogP contribution in [0.2, 0.25) is 0 Å². The van der Waals surface area contributed by atoms with Gasteiger partial charge in [0, 0.05) is 53.7 Å². The van der Waals surface area contributed by atoms with Gasteiger partial charge in [-0.05, 0) is 62.5 Å². The van der Waals surface area contributed by atoms with Crippen LogP contribution >= 0.6 is 0 Å². The molecule has 2 N–H and O–H groups in total. The van der Waals surface area contributed by atoms with Crippen LogP contribution in [-0.2, 0) is 28.0 Å². The van der Waals surface area contributed by atoms with Crippen molar-refractivity contribution in [2.24, 2.45) is 5.92 Å². The number of aliphatic hydroxyl groups excluding tert-OH is 1. The highest BCUT2D eigenvalue weighted by molar-refractivity contribution is 5.94. The number of halogens is 1. The maximum absolute atomic E-state index is 15.0. The summed E-state index contributed by atoms with van der Waals surface area (Å²) in [5.41, 5.74) is 3.81. The van der Waals surface area contributed by atoms with Crippen molar-refractivity contribution < 1.29 is 23.8 Å². The minimum Gasteiger partial charge on any atom is -0.497 e. The molecule has 1 saturated carbocycles. The van der Waals surface area contributed by atoms with Gasteiger partial charge < -0.3 is 24.5 Å². The average Bonchev–Trinajstić information content (AvgIpc) is 3.26. The molecular weight excluding hydrogens is 509 g/mol. The Bertz CT molecular complexity index is 1360. The minimum absolute atomic E-state index is 0.0341. The van der Waals surface area contributed by atoms with Crippen LogP contribution in [0.5, 0.6) is 5.75 Å². The number of ketones is 1. The number of hydrogen-bond donors (Lipinski definition) is 2. The molecule has 2 aromatic carbocycles. The molecule has 3 aromatic rings. The summed E-state index contributed by atoms with van der Waals surface area (Å²) < 4.78 is 28.7. The number of rotatable bonds is 10. The summed E-state index contributed by atoms with van der Waals surface area (Å²) in [5.74, 6) is 0.823. The number of hydrogen-bond acceptors (Lipinski definition) is 6. The lowest BCUT2D eigenvalue weighted by Crippen LogP contribution is -2.54. The molecule has 0 radical (unpaired) electrons. The lowest BCUT2D eigenvalue weighted by atomic mass is 9.66. The molecule has 1 aromatic heterocycles. The fraction of sp³-hybridized carbons (Fsp3) is 0.531. The Morgan fingerprint density at radius 2 is 1.95 bits per heavy atom. The van der Waals surface area contributed by atoms with E-state index >= 15 is 4.39 Å². The number of carbonyl (C=O) groups is 1. The van der Waals surface area contributed by atoms with Gasteiger partial charge in [0.15, 0.2) is 5.78 Å². The molecule has 3 aliphatic rings. The molecule has 3 heterocycles. The number of piperidine rings is 1. The van der Waals surface area contributed by atoms with E-state index in [9.17, 15) is 9.90 Å². The van der Waals surface area contributed by atoms with E-state index < -0.39 is 6.04 Å². The standard InChI is InChI=1S/C32H40FN3O4/c1-39-24-9-10-25-27(19-24)36(15-17-40-18-16-37)29-28(25)32(11-13-34-14-12-32)21-35(20-23-5-2-3-8-26(23)33)30(29)31(38)22-6-4-7-22/h2-3,5,8-10,19,22,30,34,37H,4,6-7,11-18,20-21H2,1H3. The van der Waals surface area contributed by atoms with Crippen LogP contribution in [0.1, 0.15) is 55.0 Å². The fourth-order valence-corrected chi connectivity index (χ4v) is 7.15. The van der Waals surface area contributed by atoms with Crippen LogP contribution in [0.3, 0.4) is 0 Å².